The van der Waals surface area contributed by atoms with E-state index in [0.717, 1.165) is 53.5 Å². The molecule has 2 atom stereocenters. The fraction of sp³-hybridized carbons (Fsp3) is 0.357. The molecule has 1 N–H and O–H groups in total. The Labute approximate surface area is 204 Å². The number of hydrogen-bond acceptors (Lipinski definition) is 4. The molecule has 4 aromatic rings. The summed E-state index contributed by atoms with van der Waals surface area (Å²) in [6, 6.07) is 16.6. The van der Waals surface area contributed by atoms with Crippen molar-refractivity contribution in [2.75, 3.05) is 0 Å². The molecule has 0 spiro atoms. The first-order valence-corrected chi connectivity index (χ1v) is 12.4. The number of aromatic amines is 1. The van der Waals surface area contributed by atoms with Crippen LogP contribution in [0.15, 0.2) is 65.5 Å². The van der Waals surface area contributed by atoms with Gasteiger partial charge in [-0.05, 0) is 60.2 Å². The minimum atomic E-state index is -0.237. The third-order valence-electron chi connectivity index (χ3n) is 7.82. The predicted molar refractivity (Wildman–Crippen MR) is 136 cm³/mol. The second kappa shape index (κ2) is 7.90. The van der Waals surface area contributed by atoms with E-state index in [1.54, 1.807) is 0 Å². The van der Waals surface area contributed by atoms with Gasteiger partial charge in [0.15, 0.2) is 5.82 Å². The summed E-state index contributed by atoms with van der Waals surface area (Å²) in [7, 11) is 0. The first-order valence-electron chi connectivity index (χ1n) is 12.4. The SMILES string of the molecule is CCCc1c(Cc2ccc(-c3ccccc3-c3nnn[nH]3)cc2)c(=O)n2n1C1(C)C=CC2(C)CC1. The van der Waals surface area contributed by atoms with Gasteiger partial charge in [0.25, 0.3) is 5.56 Å². The van der Waals surface area contributed by atoms with Gasteiger partial charge in [0.1, 0.15) is 0 Å². The van der Waals surface area contributed by atoms with Crippen LogP contribution >= 0.6 is 0 Å². The Morgan fingerprint density at radius 2 is 1.63 bits per heavy atom. The second-order valence-corrected chi connectivity index (χ2v) is 10.3. The molecular weight excluding hydrogens is 436 g/mol. The zero-order valence-corrected chi connectivity index (χ0v) is 20.5. The molecule has 2 aromatic heterocycles. The molecule has 7 nitrogen and oxygen atoms in total. The van der Waals surface area contributed by atoms with E-state index in [-0.39, 0.29) is 16.6 Å². The van der Waals surface area contributed by atoms with E-state index in [9.17, 15) is 4.79 Å². The molecule has 0 fully saturated rings. The lowest BCUT2D eigenvalue weighted by atomic mass is 9.78. The highest BCUT2D eigenvalue weighted by Gasteiger charge is 2.46. The maximum absolute atomic E-state index is 13.8. The van der Waals surface area contributed by atoms with Crippen LogP contribution < -0.4 is 5.56 Å². The van der Waals surface area contributed by atoms with Crippen LogP contribution in [0.2, 0.25) is 0 Å². The van der Waals surface area contributed by atoms with Gasteiger partial charge in [0.05, 0.1) is 11.1 Å². The van der Waals surface area contributed by atoms with Crippen LogP contribution in [0.5, 0.6) is 0 Å². The summed E-state index contributed by atoms with van der Waals surface area (Å²) >= 11 is 0. The van der Waals surface area contributed by atoms with Crippen molar-refractivity contribution in [3.8, 4) is 22.5 Å². The van der Waals surface area contributed by atoms with E-state index in [2.05, 4.69) is 88.6 Å². The average molecular weight is 467 g/mol. The van der Waals surface area contributed by atoms with Gasteiger partial charge >= 0.3 is 0 Å². The molecule has 2 bridgehead atoms. The van der Waals surface area contributed by atoms with Crippen LogP contribution in [0.4, 0.5) is 0 Å². The summed E-state index contributed by atoms with van der Waals surface area (Å²) in [5, 5.41) is 14.4. The van der Waals surface area contributed by atoms with Crippen molar-refractivity contribution in [2.45, 2.75) is 64.0 Å². The van der Waals surface area contributed by atoms with E-state index < -0.39 is 0 Å². The van der Waals surface area contributed by atoms with Crippen LogP contribution in [-0.2, 0) is 23.9 Å². The Balaban J connectivity index is 1.38. The van der Waals surface area contributed by atoms with E-state index in [1.165, 1.54) is 5.69 Å². The number of H-pyrrole nitrogens is 1. The summed E-state index contributed by atoms with van der Waals surface area (Å²) in [6.07, 6.45) is 9.19. The van der Waals surface area contributed by atoms with Crippen molar-refractivity contribution in [3.63, 3.8) is 0 Å². The number of tetrazole rings is 1. The van der Waals surface area contributed by atoms with Crippen LogP contribution in [0.25, 0.3) is 22.5 Å². The van der Waals surface area contributed by atoms with Gasteiger partial charge in [-0.15, -0.1) is 5.10 Å². The number of allylic oxidation sites excluding steroid dienone is 2. The van der Waals surface area contributed by atoms with Crippen LogP contribution in [0.3, 0.4) is 0 Å². The minimum Gasteiger partial charge on any atom is -0.276 e. The summed E-state index contributed by atoms with van der Waals surface area (Å²) < 4.78 is 4.38. The molecule has 0 radical (unpaired) electrons. The van der Waals surface area contributed by atoms with E-state index in [4.69, 9.17) is 0 Å². The van der Waals surface area contributed by atoms with Gasteiger partial charge in [-0.3, -0.25) is 9.48 Å². The van der Waals surface area contributed by atoms with Gasteiger partial charge < -0.3 is 0 Å². The lowest BCUT2D eigenvalue weighted by Crippen LogP contribution is -2.54. The first kappa shape index (κ1) is 21.8. The fourth-order valence-corrected chi connectivity index (χ4v) is 5.86. The highest BCUT2D eigenvalue weighted by atomic mass is 16.1. The smallest absolute Gasteiger partial charge is 0.271 e. The molecule has 7 heteroatoms. The highest BCUT2D eigenvalue weighted by Crippen LogP contribution is 2.44. The third kappa shape index (κ3) is 3.32. The summed E-state index contributed by atoms with van der Waals surface area (Å²) in [6.45, 7) is 6.64. The Bertz CT molecular complexity index is 1480. The lowest BCUT2D eigenvalue weighted by molar-refractivity contribution is 0.112. The number of fused-ring (bicyclic) bond motifs is 1. The summed E-state index contributed by atoms with van der Waals surface area (Å²) in [4.78, 5) is 13.8. The van der Waals surface area contributed by atoms with Gasteiger partial charge in [0.2, 0.25) is 0 Å². The summed E-state index contributed by atoms with van der Waals surface area (Å²) in [5.74, 6) is 0.645. The van der Waals surface area contributed by atoms with Crippen LogP contribution in [0.1, 0.15) is 56.9 Å². The standard InChI is InChI=1S/C28H30N6O/c1-4-7-24-23(26(35)34-28(3)16-14-27(2,15-17-28)33(24)34)18-19-10-12-20(13-11-19)21-8-5-6-9-22(21)25-29-31-32-30-25/h5-6,8-14,16H,4,7,15,17-18H2,1-3H3,(H,29,30,31,32). The number of rotatable bonds is 6. The first-order chi connectivity index (χ1) is 16.9. The van der Waals surface area contributed by atoms with Crippen molar-refractivity contribution >= 4 is 0 Å². The number of nitrogens with zero attached hydrogens (tertiary/aromatic N) is 5. The third-order valence-corrected chi connectivity index (χ3v) is 7.82. The molecule has 1 aliphatic carbocycles. The molecule has 2 aromatic carbocycles. The zero-order valence-electron chi connectivity index (χ0n) is 20.5. The van der Waals surface area contributed by atoms with Crippen molar-refractivity contribution < 1.29 is 0 Å². The molecule has 35 heavy (non-hydrogen) atoms. The largest absolute Gasteiger partial charge is 0.276 e. The lowest BCUT2D eigenvalue weighted by Gasteiger charge is -2.49. The fourth-order valence-electron chi connectivity index (χ4n) is 5.86. The van der Waals surface area contributed by atoms with Crippen molar-refractivity contribution in [2.24, 2.45) is 0 Å². The maximum atomic E-state index is 13.8. The molecule has 7 rings (SSSR count). The van der Waals surface area contributed by atoms with E-state index in [1.807, 2.05) is 22.9 Å². The monoisotopic (exact) mass is 466 g/mol. The zero-order chi connectivity index (χ0) is 24.2. The van der Waals surface area contributed by atoms with Crippen molar-refractivity contribution in [3.05, 3.63) is 87.9 Å². The van der Waals surface area contributed by atoms with Crippen LogP contribution in [0, 0.1) is 0 Å². The number of benzene rings is 2. The van der Waals surface area contributed by atoms with Crippen LogP contribution in [-0.4, -0.2) is 30.0 Å². The molecule has 3 aliphatic rings. The predicted octanol–water partition coefficient (Wildman–Crippen LogP) is 4.83. The molecule has 0 saturated heterocycles. The minimum absolute atomic E-state index is 0.122. The molecule has 0 amide bonds. The average Bonchev–Trinajstić information content (AvgIpc) is 3.51. The van der Waals surface area contributed by atoms with E-state index in [0.29, 0.717) is 12.2 Å². The number of hydrogen-bond donors (Lipinski definition) is 1. The highest BCUT2D eigenvalue weighted by molar-refractivity contribution is 5.80. The molecular formula is C28H30N6O. The van der Waals surface area contributed by atoms with Gasteiger partial charge in [0, 0.05) is 23.2 Å². The molecule has 2 unspecified atom stereocenters. The van der Waals surface area contributed by atoms with Gasteiger partial charge in [-0.2, -0.15) is 0 Å². The second-order valence-electron chi connectivity index (χ2n) is 10.3. The molecule has 0 saturated carbocycles. The topological polar surface area (TPSA) is 81.4 Å². The number of aromatic nitrogens is 6. The molecule has 2 aliphatic heterocycles. The van der Waals surface area contributed by atoms with Crippen molar-refractivity contribution in [1.29, 1.82) is 0 Å². The maximum Gasteiger partial charge on any atom is 0.271 e. The van der Waals surface area contributed by atoms with Gasteiger partial charge in [-0.1, -0.05) is 74.0 Å². The van der Waals surface area contributed by atoms with E-state index >= 15 is 0 Å². The molecule has 4 heterocycles. The normalized spacial score (nSPS) is 22.5. The number of nitrogens with one attached hydrogen (secondary N) is 1. The Kier molecular flexibility index (Phi) is 4.91. The van der Waals surface area contributed by atoms with Gasteiger partial charge in [-0.25, -0.2) is 9.78 Å². The molecule has 178 valence electrons. The Morgan fingerprint density at radius 1 is 0.943 bits per heavy atom. The quantitative estimate of drug-likeness (QED) is 0.413. The van der Waals surface area contributed by atoms with Crippen molar-refractivity contribution in [1.82, 2.24) is 30.0 Å². The Hall–Kier alpha value is -3.74. The summed E-state index contributed by atoms with van der Waals surface area (Å²) in [5.41, 5.74) is 6.19. The Morgan fingerprint density at radius 3 is 2.26 bits per heavy atom.